The number of hydrogen-bond donors (Lipinski definition) is 2. The SMILES string of the molecule is CCN(C(C)COC)C(CO)C(N)C(C)C. The van der Waals surface area contributed by atoms with Gasteiger partial charge in [-0.2, -0.15) is 0 Å². The minimum atomic E-state index is -0.00995. The predicted molar refractivity (Wildman–Crippen MR) is 67.4 cm³/mol. The molecule has 3 atom stereocenters. The Bertz CT molecular complexity index is 176. The van der Waals surface area contributed by atoms with Gasteiger partial charge in [0, 0.05) is 25.2 Å². The topological polar surface area (TPSA) is 58.7 Å². The van der Waals surface area contributed by atoms with Crippen LogP contribution < -0.4 is 5.73 Å². The minimum absolute atomic E-state index is 0.00940. The normalized spacial score (nSPS) is 17.8. The number of aliphatic hydroxyl groups is 1. The Labute approximate surface area is 99.8 Å². The lowest BCUT2D eigenvalue weighted by Gasteiger charge is -2.39. The molecular weight excluding hydrogens is 204 g/mol. The fourth-order valence-corrected chi connectivity index (χ4v) is 2.10. The van der Waals surface area contributed by atoms with Gasteiger partial charge in [0.2, 0.25) is 0 Å². The molecule has 98 valence electrons. The van der Waals surface area contributed by atoms with Crippen molar-refractivity contribution < 1.29 is 9.84 Å². The third kappa shape index (κ3) is 4.37. The first kappa shape index (κ1) is 15.8. The number of aliphatic hydroxyl groups excluding tert-OH is 1. The zero-order chi connectivity index (χ0) is 12.7. The molecule has 3 N–H and O–H groups in total. The van der Waals surface area contributed by atoms with Gasteiger partial charge in [0.25, 0.3) is 0 Å². The smallest absolute Gasteiger partial charge is 0.0615 e. The molecule has 0 aromatic heterocycles. The summed E-state index contributed by atoms with van der Waals surface area (Å²) in [4.78, 5) is 2.22. The van der Waals surface area contributed by atoms with E-state index in [2.05, 4.69) is 32.6 Å². The van der Waals surface area contributed by atoms with Crippen molar-refractivity contribution >= 4 is 0 Å². The van der Waals surface area contributed by atoms with E-state index in [4.69, 9.17) is 10.5 Å². The lowest BCUT2D eigenvalue weighted by Crippen LogP contribution is -2.56. The van der Waals surface area contributed by atoms with E-state index in [1.165, 1.54) is 0 Å². The van der Waals surface area contributed by atoms with Crippen LogP contribution in [-0.4, -0.2) is 55.0 Å². The third-order valence-corrected chi connectivity index (χ3v) is 3.17. The summed E-state index contributed by atoms with van der Waals surface area (Å²) in [6.07, 6.45) is 0. The van der Waals surface area contributed by atoms with Crippen molar-refractivity contribution in [1.82, 2.24) is 4.90 Å². The number of likely N-dealkylation sites (N-methyl/N-ethyl adjacent to an activating group) is 1. The summed E-state index contributed by atoms with van der Waals surface area (Å²) in [6.45, 7) is 9.99. The number of nitrogens with zero attached hydrogens (tertiary/aromatic N) is 1. The Balaban J connectivity index is 4.60. The molecule has 0 radical (unpaired) electrons. The van der Waals surface area contributed by atoms with Gasteiger partial charge in [-0.1, -0.05) is 20.8 Å². The molecule has 16 heavy (non-hydrogen) atoms. The Morgan fingerprint density at radius 3 is 2.19 bits per heavy atom. The van der Waals surface area contributed by atoms with E-state index in [9.17, 15) is 5.11 Å². The van der Waals surface area contributed by atoms with Crippen molar-refractivity contribution in [3.8, 4) is 0 Å². The second kappa shape index (κ2) is 8.01. The van der Waals surface area contributed by atoms with Crippen LogP contribution in [-0.2, 0) is 4.74 Å². The Morgan fingerprint density at radius 2 is 1.88 bits per heavy atom. The van der Waals surface area contributed by atoms with Gasteiger partial charge in [-0.25, -0.2) is 0 Å². The molecule has 0 heterocycles. The largest absolute Gasteiger partial charge is 0.395 e. The van der Waals surface area contributed by atoms with Crippen molar-refractivity contribution in [2.24, 2.45) is 11.7 Å². The second-order valence-electron chi connectivity index (χ2n) is 4.71. The molecule has 0 saturated carbocycles. The highest BCUT2D eigenvalue weighted by molar-refractivity contribution is 4.86. The first-order valence-electron chi connectivity index (χ1n) is 6.10. The van der Waals surface area contributed by atoms with Gasteiger partial charge in [-0.3, -0.25) is 4.90 Å². The number of methoxy groups -OCH3 is 1. The van der Waals surface area contributed by atoms with Gasteiger partial charge in [0.1, 0.15) is 0 Å². The standard InChI is InChI=1S/C12H28N2O2/c1-6-14(10(4)8-16-5)11(7-15)12(13)9(2)3/h9-12,15H,6-8,13H2,1-5H3. The van der Waals surface area contributed by atoms with Gasteiger partial charge in [-0.05, 0) is 19.4 Å². The van der Waals surface area contributed by atoms with E-state index in [0.717, 1.165) is 6.54 Å². The number of ether oxygens (including phenoxy) is 1. The maximum absolute atomic E-state index is 9.50. The Kier molecular flexibility index (Phi) is 7.93. The lowest BCUT2D eigenvalue weighted by atomic mass is 9.95. The van der Waals surface area contributed by atoms with Gasteiger partial charge in [-0.15, -0.1) is 0 Å². The zero-order valence-corrected chi connectivity index (χ0v) is 11.3. The summed E-state index contributed by atoms with van der Waals surface area (Å²) < 4.78 is 5.16. The molecule has 3 unspecified atom stereocenters. The molecule has 0 aliphatic rings. The highest BCUT2D eigenvalue weighted by Gasteiger charge is 2.28. The van der Waals surface area contributed by atoms with Crippen LogP contribution in [0.25, 0.3) is 0 Å². The molecule has 4 nitrogen and oxygen atoms in total. The second-order valence-corrected chi connectivity index (χ2v) is 4.71. The van der Waals surface area contributed by atoms with E-state index in [1.807, 2.05) is 0 Å². The molecule has 4 heteroatoms. The minimum Gasteiger partial charge on any atom is -0.395 e. The van der Waals surface area contributed by atoms with Crippen LogP contribution in [0.2, 0.25) is 0 Å². The summed E-state index contributed by atoms with van der Waals surface area (Å²) in [5, 5.41) is 9.50. The van der Waals surface area contributed by atoms with Gasteiger partial charge in [0.15, 0.2) is 0 Å². The zero-order valence-electron chi connectivity index (χ0n) is 11.3. The molecule has 0 aliphatic carbocycles. The quantitative estimate of drug-likeness (QED) is 0.646. The molecule has 0 bridgehead atoms. The van der Waals surface area contributed by atoms with Crippen molar-refractivity contribution in [3.63, 3.8) is 0 Å². The monoisotopic (exact) mass is 232 g/mol. The van der Waals surface area contributed by atoms with Gasteiger partial charge in [0.05, 0.1) is 13.2 Å². The maximum Gasteiger partial charge on any atom is 0.0615 e. The van der Waals surface area contributed by atoms with E-state index < -0.39 is 0 Å². The molecule has 0 aromatic rings. The fourth-order valence-electron chi connectivity index (χ4n) is 2.10. The highest BCUT2D eigenvalue weighted by Crippen LogP contribution is 2.13. The van der Waals surface area contributed by atoms with Crippen molar-refractivity contribution in [2.45, 2.75) is 45.8 Å². The summed E-state index contributed by atoms with van der Waals surface area (Å²) in [5.41, 5.74) is 6.14. The Morgan fingerprint density at radius 1 is 1.31 bits per heavy atom. The fraction of sp³-hybridized carbons (Fsp3) is 1.00. The summed E-state index contributed by atoms with van der Waals surface area (Å²) >= 11 is 0. The van der Waals surface area contributed by atoms with Gasteiger partial charge >= 0.3 is 0 Å². The first-order chi connectivity index (χ1) is 7.49. The van der Waals surface area contributed by atoms with Crippen molar-refractivity contribution in [1.29, 1.82) is 0 Å². The molecule has 0 fully saturated rings. The van der Waals surface area contributed by atoms with Gasteiger partial charge < -0.3 is 15.6 Å². The van der Waals surface area contributed by atoms with Crippen LogP contribution in [0.15, 0.2) is 0 Å². The summed E-state index contributed by atoms with van der Waals surface area (Å²) in [6, 6.07) is 0.274. The van der Waals surface area contributed by atoms with Crippen LogP contribution in [0.3, 0.4) is 0 Å². The average molecular weight is 232 g/mol. The van der Waals surface area contributed by atoms with Crippen LogP contribution in [0.5, 0.6) is 0 Å². The van der Waals surface area contributed by atoms with Crippen molar-refractivity contribution in [3.05, 3.63) is 0 Å². The average Bonchev–Trinajstić information content (AvgIpc) is 2.24. The molecule has 0 spiro atoms. The predicted octanol–water partition coefficient (Wildman–Crippen LogP) is 0.687. The first-order valence-corrected chi connectivity index (χ1v) is 6.10. The summed E-state index contributed by atoms with van der Waals surface area (Å²) in [5.74, 6) is 0.362. The number of nitrogens with two attached hydrogens (primary N) is 1. The summed E-state index contributed by atoms with van der Waals surface area (Å²) in [7, 11) is 1.70. The molecule has 0 rings (SSSR count). The van der Waals surface area contributed by atoms with Crippen LogP contribution in [0, 0.1) is 5.92 Å². The van der Waals surface area contributed by atoms with E-state index >= 15 is 0 Å². The van der Waals surface area contributed by atoms with Crippen LogP contribution >= 0.6 is 0 Å². The highest BCUT2D eigenvalue weighted by atomic mass is 16.5. The Hall–Kier alpha value is -0.160. The molecule has 0 saturated heterocycles. The van der Waals surface area contributed by atoms with E-state index in [-0.39, 0.29) is 24.7 Å². The van der Waals surface area contributed by atoms with Crippen LogP contribution in [0.1, 0.15) is 27.7 Å². The number of rotatable bonds is 8. The van der Waals surface area contributed by atoms with Crippen LogP contribution in [0.4, 0.5) is 0 Å². The molecule has 0 aromatic carbocycles. The van der Waals surface area contributed by atoms with E-state index in [0.29, 0.717) is 12.5 Å². The molecule has 0 amide bonds. The number of hydrogen-bond acceptors (Lipinski definition) is 4. The molecular formula is C12H28N2O2. The molecule has 0 aliphatic heterocycles. The van der Waals surface area contributed by atoms with Crippen molar-refractivity contribution in [2.75, 3.05) is 26.9 Å². The van der Waals surface area contributed by atoms with E-state index in [1.54, 1.807) is 7.11 Å². The maximum atomic E-state index is 9.50. The lowest BCUT2D eigenvalue weighted by molar-refractivity contribution is 0.0315. The third-order valence-electron chi connectivity index (χ3n) is 3.17.